The number of carboxylic acid groups (broad SMARTS) is 1. The maximum atomic E-state index is 10.9. The smallest absolute Gasteiger partial charge is 0.303 e. The minimum atomic E-state index is -0.735. The zero-order chi connectivity index (χ0) is 17.2. The van der Waals surface area contributed by atoms with Crippen molar-refractivity contribution in [1.82, 2.24) is 5.32 Å². The minimum absolute atomic E-state index is 0.190. The summed E-state index contributed by atoms with van der Waals surface area (Å²) in [6, 6.07) is 10.8. The number of nitrogens with one attached hydrogen (secondary N) is 1. The van der Waals surface area contributed by atoms with Crippen molar-refractivity contribution in [3.05, 3.63) is 62.3 Å². The highest BCUT2D eigenvalue weighted by Gasteiger charge is 2.22. The van der Waals surface area contributed by atoms with Crippen molar-refractivity contribution >= 4 is 35.0 Å². The Labute approximate surface area is 151 Å². The zero-order valence-corrected chi connectivity index (χ0v) is 14.9. The third kappa shape index (κ3) is 3.32. The fourth-order valence-electron chi connectivity index (χ4n) is 3.67. The normalized spacial score (nSPS) is 16.3. The molecule has 0 radical (unpaired) electrons. The van der Waals surface area contributed by atoms with Gasteiger partial charge in [0.15, 0.2) is 0 Å². The number of hydrogen-bond acceptors (Lipinski definition) is 3. The maximum absolute atomic E-state index is 10.9. The SMILES string of the molecule is O=C(O)CCc1cc2c(s1)C=Cc1ccccc1C2=C1CCNCC1. The zero-order valence-electron chi connectivity index (χ0n) is 14.0. The van der Waals surface area contributed by atoms with Gasteiger partial charge in [0.1, 0.15) is 0 Å². The molecule has 2 heterocycles. The van der Waals surface area contributed by atoms with Crippen LogP contribution >= 0.6 is 11.3 Å². The van der Waals surface area contributed by atoms with Crippen molar-refractivity contribution < 1.29 is 9.90 Å². The van der Waals surface area contributed by atoms with E-state index in [0.717, 1.165) is 30.8 Å². The van der Waals surface area contributed by atoms with Crippen LogP contribution in [0, 0.1) is 0 Å². The molecule has 0 amide bonds. The molecule has 1 aliphatic heterocycles. The molecule has 1 saturated heterocycles. The lowest BCUT2D eigenvalue weighted by Crippen LogP contribution is -2.24. The topological polar surface area (TPSA) is 49.3 Å². The second-order valence-electron chi connectivity index (χ2n) is 6.53. The fraction of sp³-hybridized carbons (Fsp3) is 0.286. The first kappa shape index (κ1) is 16.3. The minimum Gasteiger partial charge on any atom is -0.481 e. The molecule has 1 aliphatic carbocycles. The maximum Gasteiger partial charge on any atom is 0.303 e. The lowest BCUT2D eigenvalue weighted by atomic mass is 9.88. The first-order valence-corrected chi connectivity index (χ1v) is 9.59. The number of fused-ring (bicyclic) bond motifs is 2. The van der Waals surface area contributed by atoms with E-state index >= 15 is 0 Å². The average molecular weight is 351 g/mol. The van der Waals surface area contributed by atoms with Gasteiger partial charge in [0, 0.05) is 15.3 Å². The molecule has 0 bridgehead atoms. The molecule has 0 unspecified atom stereocenters. The summed E-state index contributed by atoms with van der Waals surface area (Å²) in [4.78, 5) is 13.3. The Hall–Kier alpha value is -2.17. The molecule has 1 aromatic carbocycles. The van der Waals surface area contributed by atoms with Crippen molar-refractivity contribution in [2.75, 3.05) is 13.1 Å². The van der Waals surface area contributed by atoms with E-state index in [1.807, 2.05) is 0 Å². The van der Waals surface area contributed by atoms with Gasteiger partial charge in [-0.25, -0.2) is 0 Å². The van der Waals surface area contributed by atoms with Crippen molar-refractivity contribution in [3.63, 3.8) is 0 Å². The molecule has 0 atom stereocenters. The summed E-state index contributed by atoms with van der Waals surface area (Å²) < 4.78 is 0. The van der Waals surface area contributed by atoms with E-state index < -0.39 is 5.97 Å². The third-order valence-electron chi connectivity index (χ3n) is 4.87. The van der Waals surface area contributed by atoms with Crippen LogP contribution in [0.2, 0.25) is 0 Å². The van der Waals surface area contributed by atoms with Gasteiger partial charge < -0.3 is 10.4 Å². The largest absolute Gasteiger partial charge is 0.481 e. The van der Waals surface area contributed by atoms with Crippen molar-refractivity contribution in [3.8, 4) is 0 Å². The van der Waals surface area contributed by atoms with E-state index in [0.29, 0.717) is 6.42 Å². The number of carboxylic acids is 1. The molecule has 128 valence electrons. The Bertz CT molecular complexity index is 868. The van der Waals surface area contributed by atoms with Crippen LogP contribution in [0.25, 0.3) is 17.7 Å². The molecule has 25 heavy (non-hydrogen) atoms. The van der Waals surface area contributed by atoms with E-state index in [1.165, 1.54) is 32.7 Å². The summed E-state index contributed by atoms with van der Waals surface area (Å²) >= 11 is 1.73. The van der Waals surface area contributed by atoms with Gasteiger partial charge in [0.05, 0.1) is 6.42 Å². The number of aliphatic carboxylic acids is 1. The van der Waals surface area contributed by atoms with Crippen LogP contribution in [0.4, 0.5) is 0 Å². The number of hydrogen-bond donors (Lipinski definition) is 2. The molecule has 2 N–H and O–H groups in total. The van der Waals surface area contributed by atoms with E-state index in [-0.39, 0.29) is 6.42 Å². The van der Waals surface area contributed by atoms with Crippen molar-refractivity contribution in [2.24, 2.45) is 0 Å². The van der Waals surface area contributed by atoms with Crippen LogP contribution in [0.3, 0.4) is 0 Å². The van der Waals surface area contributed by atoms with Gasteiger partial charge >= 0.3 is 5.97 Å². The van der Waals surface area contributed by atoms with Gasteiger partial charge in [-0.05, 0) is 61.2 Å². The van der Waals surface area contributed by atoms with Gasteiger partial charge in [-0.1, -0.05) is 35.9 Å². The molecular weight excluding hydrogens is 330 g/mol. The summed E-state index contributed by atoms with van der Waals surface area (Å²) in [5.74, 6) is -0.735. The van der Waals surface area contributed by atoms with Gasteiger partial charge in [-0.2, -0.15) is 0 Å². The average Bonchev–Trinajstić information content (AvgIpc) is 2.96. The summed E-state index contributed by atoms with van der Waals surface area (Å²) in [6.45, 7) is 2.06. The molecule has 3 nitrogen and oxygen atoms in total. The fourth-order valence-corrected chi connectivity index (χ4v) is 4.74. The molecule has 4 rings (SSSR count). The van der Waals surface area contributed by atoms with Gasteiger partial charge in [0.2, 0.25) is 0 Å². The Balaban J connectivity index is 1.84. The Morgan fingerprint density at radius 2 is 1.92 bits per heavy atom. The van der Waals surface area contributed by atoms with E-state index in [2.05, 4.69) is 47.8 Å². The first-order valence-electron chi connectivity index (χ1n) is 8.77. The van der Waals surface area contributed by atoms with Crippen LogP contribution in [0.5, 0.6) is 0 Å². The molecule has 2 aromatic rings. The highest BCUT2D eigenvalue weighted by molar-refractivity contribution is 7.13. The monoisotopic (exact) mass is 351 g/mol. The van der Waals surface area contributed by atoms with Crippen LogP contribution in [-0.4, -0.2) is 24.2 Å². The molecule has 1 fully saturated rings. The van der Waals surface area contributed by atoms with E-state index in [1.54, 1.807) is 11.3 Å². The first-order chi connectivity index (χ1) is 12.2. The standard InChI is InChI=1S/C21H21NO2S/c23-20(24)8-6-16-13-18-19(25-16)7-5-14-3-1-2-4-17(14)21(18)15-9-11-22-12-10-15/h1-5,7,13,22H,6,8-12H2,(H,23,24). The number of piperidine rings is 1. The summed E-state index contributed by atoms with van der Waals surface area (Å²) in [6.07, 6.45) is 7.33. The van der Waals surface area contributed by atoms with Crippen LogP contribution in [0.15, 0.2) is 35.9 Å². The Kier molecular flexibility index (Phi) is 4.55. The summed E-state index contributed by atoms with van der Waals surface area (Å²) in [7, 11) is 0. The second-order valence-corrected chi connectivity index (χ2v) is 7.70. The summed E-state index contributed by atoms with van der Waals surface area (Å²) in [5, 5.41) is 12.4. The van der Waals surface area contributed by atoms with E-state index in [9.17, 15) is 4.79 Å². The number of carbonyl (C=O) groups is 1. The third-order valence-corrected chi connectivity index (χ3v) is 6.03. The lowest BCUT2D eigenvalue weighted by molar-refractivity contribution is -0.136. The molecular formula is C21H21NO2S. The molecule has 4 heteroatoms. The predicted octanol–water partition coefficient (Wildman–Crippen LogP) is 4.43. The molecule has 0 spiro atoms. The number of thiophene rings is 1. The Morgan fingerprint density at radius 3 is 2.72 bits per heavy atom. The molecule has 1 aromatic heterocycles. The number of rotatable bonds is 3. The van der Waals surface area contributed by atoms with Crippen LogP contribution in [-0.2, 0) is 11.2 Å². The van der Waals surface area contributed by atoms with Crippen molar-refractivity contribution in [1.29, 1.82) is 0 Å². The van der Waals surface area contributed by atoms with Crippen LogP contribution in [0.1, 0.15) is 45.7 Å². The Morgan fingerprint density at radius 1 is 1.12 bits per heavy atom. The molecule has 2 aliphatic rings. The lowest BCUT2D eigenvalue weighted by Gasteiger charge is -2.21. The van der Waals surface area contributed by atoms with E-state index in [4.69, 9.17) is 5.11 Å². The highest BCUT2D eigenvalue weighted by atomic mass is 32.1. The van der Waals surface area contributed by atoms with Crippen molar-refractivity contribution in [2.45, 2.75) is 25.7 Å². The van der Waals surface area contributed by atoms with Gasteiger partial charge in [-0.15, -0.1) is 11.3 Å². The summed E-state index contributed by atoms with van der Waals surface area (Å²) in [5.41, 5.74) is 6.73. The number of aryl methyl sites for hydroxylation is 1. The highest BCUT2D eigenvalue weighted by Crippen LogP contribution is 2.41. The predicted molar refractivity (Wildman–Crippen MR) is 104 cm³/mol. The van der Waals surface area contributed by atoms with Crippen LogP contribution < -0.4 is 5.32 Å². The van der Waals surface area contributed by atoms with Gasteiger partial charge in [0.25, 0.3) is 0 Å². The molecule has 0 saturated carbocycles. The number of benzene rings is 1. The quantitative estimate of drug-likeness (QED) is 0.734. The van der Waals surface area contributed by atoms with Gasteiger partial charge in [-0.3, -0.25) is 4.79 Å². The second kappa shape index (κ2) is 6.98.